The van der Waals surface area contributed by atoms with Crippen LogP contribution >= 0.6 is 15.9 Å². The summed E-state index contributed by atoms with van der Waals surface area (Å²) in [6, 6.07) is 12.4. The third-order valence-corrected chi connectivity index (χ3v) is 4.63. The van der Waals surface area contributed by atoms with E-state index in [1.54, 1.807) is 39.0 Å². The lowest BCUT2D eigenvalue weighted by Crippen LogP contribution is -2.26. The first-order valence-corrected chi connectivity index (χ1v) is 9.36. The zero-order valence-corrected chi connectivity index (χ0v) is 16.8. The maximum Gasteiger partial charge on any atom is 0.347 e. The first-order chi connectivity index (χ1) is 12.9. The van der Waals surface area contributed by atoms with E-state index in [1.807, 2.05) is 24.3 Å². The number of rotatable bonds is 5. The summed E-state index contributed by atoms with van der Waals surface area (Å²) in [5.41, 5.74) is 1.62. The fourth-order valence-corrected chi connectivity index (χ4v) is 3.09. The first-order valence-electron chi connectivity index (χ1n) is 8.57. The van der Waals surface area contributed by atoms with Gasteiger partial charge in [0.15, 0.2) is 6.10 Å². The molecular weight excluding hydrogens is 412 g/mol. The van der Waals surface area contributed by atoms with Gasteiger partial charge in [0, 0.05) is 10.5 Å². The Morgan fingerprint density at radius 2 is 1.89 bits per heavy atom. The second-order valence-electron chi connectivity index (χ2n) is 6.04. The molecule has 0 fully saturated rings. The highest BCUT2D eigenvalue weighted by molar-refractivity contribution is 9.10. The summed E-state index contributed by atoms with van der Waals surface area (Å²) < 4.78 is 17.4. The number of fused-ring (bicyclic) bond motifs is 1. The molecule has 0 spiro atoms. The van der Waals surface area contributed by atoms with Crippen LogP contribution in [0.1, 0.15) is 19.6 Å². The second-order valence-corrected chi connectivity index (χ2v) is 6.96. The number of aryl methyl sites for hydroxylation is 1. The molecule has 0 bridgehead atoms. The molecule has 0 N–H and O–H groups in total. The third kappa shape index (κ3) is 4.06. The van der Waals surface area contributed by atoms with Gasteiger partial charge in [-0.1, -0.05) is 28.1 Å². The van der Waals surface area contributed by atoms with E-state index in [9.17, 15) is 9.59 Å². The van der Waals surface area contributed by atoms with Crippen molar-refractivity contribution in [1.82, 2.24) is 0 Å². The van der Waals surface area contributed by atoms with Crippen LogP contribution < -0.4 is 10.2 Å². The Morgan fingerprint density at radius 3 is 2.56 bits per heavy atom. The van der Waals surface area contributed by atoms with E-state index in [4.69, 9.17) is 13.9 Å². The summed E-state index contributed by atoms with van der Waals surface area (Å²) in [5, 5.41) is 0.453. The van der Waals surface area contributed by atoms with Gasteiger partial charge in [-0.05, 0) is 50.6 Å². The van der Waals surface area contributed by atoms with Crippen molar-refractivity contribution in [3.63, 3.8) is 0 Å². The fraction of sp³-hybridized carbons (Fsp3) is 0.238. The Labute approximate surface area is 165 Å². The minimum atomic E-state index is -0.753. The van der Waals surface area contributed by atoms with Crippen LogP contribution in [-0.4, -0.2) is 18.7 Å². The number of hydrogen-bond donors (Lipinski definition) is 0. The lowest BCUT2D eigenvalue weighted by atomic mass is 10.0. The number of benzene rings is 2. The summed E-state index contributed by atoms with van der Waals surface area (Å²) in [5.74, 6) is 0.508. The van der Waals surface area contributed by atoms with Crippen LogP contribution in [0.4, 0.5) is 0 Å². The highest BCUT2D eigenvalue weighted by atomic mass is 79.9. The number of carbonyl (C=O) groups excluding carboxylic acids is 1. The molecule has 0 aliphatic rings. The van der Waals surface area contributed by atoms with Crippen LogP contribution in [0, 0.1) is 6.92 Å². The zero-order chi connectivity index (χ0) is 19.6. The zero-order valence-electron chi connectivity index (χ0n) is 15.2. The number of esters is 1. The van der Waals surface area contributed by atoms with Gasteiger partial charge in [0.05, 0.1) is 17.6 Å². The van der Waals surface area contributed by atoms with Crippen LogP contribution in [-0.2, 0) is 9.53 Å². The summed E-state index contributed by atoms with van der Waals surface area (Å²) in [7, 11) is 0. The van der Waals surface area contributed by atoms with Gasteiger partial charge in [-0.3, -0.25) is 4.79 Å². The molecule has 0 aliphatic heterocycles. The molecule has 5 nitrogen and oxygen atoms in total. The van der Waals surface area contributed by atoms with Gasteiger partial charge in [-0.15, -0.1) is 0 Å². The van der Waals surface area contributed by atoms with Gasteiger partial charge in [0.25, 0.3) is 0 Å². The average Bonchev–Trinajstić information content (AvgIpc) is 2.63. The van der Waals surface area contributed by atoms with Crippen LogP contribution in [0.5, 0.6) is 5.75 Å². The van der Waals surface area contributed by atoms with Crippen molar-refractivity contribution >= 4 is 32.9 Å². The number of hydrogen-bond acceptors (Lipinski definition) is 5. The SMILES string of the molecule is CCOC(=O)[C@H](C)Oc1ccc2c(=O)c(-c3ccc(Br)cc3)c(C)oc2c1. The first kappa shape index (κ1) is 19.2. The van der Waals surface area contributed by atoms with E-state index in [1.165, 1.54) is 0 Å². The molecule has 3 rings (SSSR count). The van der Waals surface area contributed by atoms with Gasteiger partial charge < -0.3 is 13.9 Å². The van der Waals surface area contributed by atoms with Gasteiger partial charge in [0.2, 0.25) is 5.43 Å². The van der Waals surface area contributed by atoms with Gasteiger partial charge in [0.1, 0.15) is 17.1 Å². The molecule has 27 heavy (non-hydrogen) atoms. The molecule has 1 aromatic heterocycles. The van der Waals surface area contributed by atoms with Crippen molar-refractivity contribution in [2.75, 3.05) is 6.61 Å². The highest BCUT2D eigenvalue weighted by Crippen LogP contribution is 2.27. The van der Waals surface area contributed by atoms with E-state index in [0.717, 1.165) is 10.0 Å². The van der Waals surface area contributed by atoms with Crippen molar-refractivity contribution < 1.29 is 18.7 Å². The fourth-order valence-electron chi connectivity index (χ4n) is 2.82. The third-order valence-electron chi connectivity index (χ3n) is 4.10. The predicted octanol–water partition coefficient (Wildman–Crippen LogP) is 4.86. The van der Waals surface area contributed by atoms with E-state index in [0.29, 0.717) is 28.0 Å². The molecular formula is C21H19BrO5. The molecule has 6 heteroatoms. The van der Waals surface area contributed by atoms with Crippen LogP contribution in [0.25, 0.3) is 22.1 Å². The van der Waals surface area contributed by atoms with Gasteiger partial charge >= 0.3 is 5.97 Å². The number of halogens is 1. The summed E-state index contributed by atoms with van der Waals surface area (Å²) in [6.45, 7) is 5.39. The van der Waals surface area contributed by atoms with Crippen molar-refractivity contribution in [3.05, 3.63) is 62.9 Å². The Balaban J connectivity index is 2.00. The van der Waals surface area contributed by atoms with Crippen molar-refractivity contribution in [1.29, 1.82) is 0 Å². The van der Waals surface area contributed by atoms with Crippen LogP contribution in [0.3, 0.4) is 0 Å². The molecule has 0 unspecified atom stereocenters. The molecule has 2 aromatic carbocycles. The molecule has 0 saturated carbocycles. The number of ether oxygens (including phenoxy) is 2. The Morgan fingerprint density at radius 1 is 1.19 bits per heavy atom. The molecule has 0 saturated heterocycles. The normalized spacial score (nSPS) is 12.0. The molecule has 1 heterocycles. The summed E-state index contributed by atoms with van der Waals surface area (Å²) in [4.78, 5) is 24.7. The summed E-state index contributed by atoms with van der Waals surface area (Å²) in [6.07, 6.45) is -0.753. The second kappa shape index (κ2) is 7.96. The molecule has 1 atom stereocenters. The molecule has 0 aliphatic carbocycles. The monoisotopic (exact) mass is 430 g/mol. The molecule has 3 aromatic rings. The van der Waals surface area contributed by atoms with Crippen molar-refractivity contribution in [3.8, 4) is 16.9 Å². The lowest BCUT2D eigenvalue weighted by molar-refractivity contribution is -0.150. The maximum atomic E-state index is 13.0. The average molecular weight is 431 g/mol. The molecule has 0 amide bonds. The van der Waals surface area contributed by atoms with E-state index < -0.39 is 12.1 Å². The maximum absolute atomic E-state index is 13.0. The van der Waals surface area contributed by atoms with Crippen molar-refractivity contribution in [2.24, 2.45) is 0 Å². The van der Waals surface area contributed by atoms with Crippen LogP contribution in [0.2, 0.25) is 0 Å². The van der Waals surface area contributed by atoms with Crippen LogP contribution in [0.15, 0.2) is 56.1 Å². The lowest BCUT2D eigenvalue weighted by Gasteiger charge is -2.14. The smallest absolute Gasteiger partial charge is 0.347 e. The quantitative estimate of drug-likeness (QED) is 0.540. The van der Waals surface area contributed by atoms with Gasteiger partial charge in [-0.25, -0.2) is 4.79 Å². The highest BCUT2D eigenvalue weighted by Gasteiger charge is 2.18. The Hall–Kier alpha value is -2.60. The molecule has 140 valence electrons. The van der Waals surface area contributed by atoms with Gasteiger partial charge in [-0.2, -0.15) is 0 Å². The van der Waals surface area contributed by atoms with Crippen molar-refractivity contribution in [2.45, 2.75) is 26.9 Å². The number of carbonyl (C=O) groups is 1. The standard InChI is InChI=1S/C21H19BrO5/c1-4-25-21(24)13(3)26-16-9-10-17-18(11-16)27-12(2)19(20(17)23)14-5-7-15(22)8-6-14/h5-11,13H,4H2,1-3H3/t13-/m0/s1. The van der Waals surface area contributed by atoms with E-state index in [-0.39, 0.29) is 12.0 Å². The molecule has 0 radical (unpaired) electrons. The Kier molecular flexibility index (Phi) is 5.65. The van der Waals surface area contributed by atoms with E-state index in [2.05, 4.69) is 15.9 Å². The van der Waals surface area contributed by atoms with E-state index >= 15 is 0 Å². The topological polar surface area (TPSA) is 65.7 Å². The summed E-state index contributed by atoms with van der Waals surface area (Å²) >= 11 is 3.39. The minimum absolute atomic E-state index is 0.110. The predicted molar refractivity (Wildman–Crippen MR) is 107 cm³/mol. The largest absolute Gasteiger partial charge is 0.479 e. The minimum Gasteiger partial charge on any atom is -0.479 e. The Bertz CT molecular complexity index is 1040.